The van der Waals surface area contributed by atoms with Gasteiger partial charge in [-0.1, -0.05) is 123 Å². The highest BCUT2D eigenvalue weighted by atomic mass is 16.3. The van der Waals surface area contributed by atoms with Crippen molar-refractivity contribution in [1.29, 1.82) is 0 Å². The van der Waals surface area contributed by atoms with E-state index in [2.05, 4.69) is 122 Å². The van der Waals surface area contributed by atoms with E-state index in [0.717, 1.165) is 55.3 Å². The van der Waals surface area contributed by atoms with Crippen LogP contribution < -0.4 is 0 Å². The molecule has 0 spiro atoms. The lowest BCUT2D eigenvalue weighted by Crippen LogP contribution is -2.15. The van der Waals surface area contributed by atoms with Crippen LogP contribution in [-0.4, -0.2) is 19.5 Å². The van der Waals surface area contributed by atoms with Crippen molar-refractivity contribution in [3.05, 3.63) is 169 Å². The third kappa shape index (κ3) is 4.40. The van der Waals surface area contributed by atoms with Gasteiger partial charge in [-0.2, -0.15) is 0 Å². The first-order valence-corrected chi connectivity index (χ1v) is 18.0. The Bertz CT molecular complexity index is 3100. The molecule has 0 unspecified atom stereocenters. The summed E-state index contributed by atoms with van der Waals surface area (Å²) in [6, 6.07) is 55.3. The van der Waals surface area contributed by atoms with Crippen LogP contribution in [0.25, 0.3) is 94.7 Å². The van der Waals surface area contributed by atoms with E-state index in [1.165, 1.54) is 33.0 Å². The smallest absolute Gasteiger partial charge is 0.166 e. The lowest BCUT2D eigenvalue weighted by Gasteiger charge is -2.22. The Morgan fingerprint density at radius 1 is 0.434 bits per heavy atom. The number of rotatable bonds is 4. The zero-order valence-corrected chi connectivity index (χ0v) is 29.2. The van der Waals surface area contributed by atoms with Crippen LogP contribution in [0, 0.1) is 0 Å². The van der Waals surface area contributed by atoms with Crippen LogP contribution in [-0.2, 0) is 5.41 Å². The molecule has 11 rings (SSSR count). The molecule has 0 radical (unpaired) electrons. The van der Waals surface area contributed by atoms with Crippen molar-refractivity contribution in [2.45, 2.75) is 19.3 Å². The van der Waals surface area contributed by atoms with Gasteiger partial charge < -0.3 is 8.98 Å². The lowest BCUT2D eigenvalue weighted by molar-refractivity contribution is 0.661. The van der Waals surface area contributed by atoms with Gasteiger partial charge in [0.15, 0.2) is 17.5 Å². The van der Waals surface area contributed by atoms with Crippen molar-refractivity contribution in [3.8, 4) is 51.0 Å². The van der Waals surface area contributed by atoms with Crippen molar-refractivity contribution in [2.75, 3.05) is 0 Å². The molecule has 3 heterocycles. The molecular weight excluding hydrogens is 649 g/mol. The maximum absolute atomic E-state index is 6.29. The maximum atomic E-state index is 6.29. The Kier molecular flexibility index (Phi) is 6.23. The molecule has 0 atom stereocenters. The monoisotopic (exact) mass is 680 g/mol. The number of furan rings is 1. The van der Waals surface area contributed by atoms with Crippen molar-refractivity contribution >= 4 is 43.7 Å². The number of benzene rings is 7. The molecule has 0 fully saturated rings. The van der Waals surface area contributed by atoms with E-state index in [0.29, 0.717) is 17.5 Å². The van der Waals surface area contributed by atoms with E-state index in [4.69, 9.17) is 19.4 Å². The van der Waals surface area contributed by atoms with Crippen LogP contribution in [0.15, 0.2) is 162 Å². The minimum absolute atomic E-state index is 0.129. The van der Waals surface area contributed by atoms with Gasteiger partial charge in [-0.05, 0) is 70.8 Å². The summed E-state index contributed by atoms with van der Waals surface area (Å²) < 4.78 is 8.68. The lowest BCUT2D eigenvalue weighted by atomic mass is 9.82. The summed E-state index contributed by atoms with van der Waals surface area (Å²) in [6.45, 7) is 4.68. The van der Waals surface area contributed by atoms with E-state index in [-0.39, 0.29) is 5.41 Å². The van der Waals surface area contributed by atoms with Gasteiger partial charge in [0.2, 0.25) is 0 Å². The normalized spacial score (nSPS) is 13.2. The Hall–Kier alpha value is -6.85. The van der Waals surface area contributed by atoms with E-state index >= 15 is 0 Å². The van der Waals surface area contributed by atoms with E-state index < -0.39 is 0 Å². The van der Waals surface area contributed by atoms with Gasteiger partial charge >= 0.3 is 0 Å². The van der Waals surface area contributed by atoms with Gasteiger partial charge in [-0.15, -0.1) is 0 Å². The van der Waals surface area contributed by atoms with Gasteiger partial charge in [-0.25, -0.2) is 15.0 Å². The van der Waals surface area contributed by atoms with Gasteiger partial charge in [0.05, 0.1) is 16.7 Å². The number of hydrogen-bond donors (Lipinski definition) is 0. The fourth-order valence-electron chi connectivity index (χ4n) is 8.49. The summed E-state index contributed by atoms with van der Waals surface area (Å²) in [5.41, 5.74) is 12.9. The predicted octanol–water partition coefficient (Wildman–Crippen LogP) is 12.2. The van der Waals surface area contributed by atoms with Crippen LogP contribution in [0.4, 0.5) is 0 Å². The average molecular weight is 681 g/mol. The van der Waals surface area contributed by atoms with Gasteiger partial charge in [-0.3, -0.25) is 0 Å². The average Bonchev–Trinajstić information content (AvgIpc) is 3.82. The van der Waals surface area contributed by atoms with E-state index in [1.54, 1.807) is 0 Å². The molecule has 0 saturated carbocycles. The highest BCUT2D eigenvalue weighted by Gasteiger charge is 2.36. The minimum Gasteiger partial charge on any atom is -0.456 e. The van der Waals surface area contributed by atoms with Crippen LogP contribution in [0.2, 0.25) is 0 Å². The molecule has 0 bridgehead atoms. The second-order valence-electron chi connectivity index (χ2n) is 14.4. The quantitative estimate of drug-likeness (QED) is 0.186. The van der Waals surface area contributed by atoms with Crippen LogP contribution in [0.3, 0.4) is 0 Å². The zero-order valence-electron chi connectivity index (χ0n) is 29.2. The SMILES string of the molecule is CC1(C)c2ccccc2-c2cc3c4ccccc4n(-c4ccccc4-c4nc(-c5ccccc5)nc(-c5ccc6c(c5)oc5ccccc56)n4)c3cc21. The molecule has 0 aliphatic heterocycles. The summed E-state index contributed by atoms with van der Waals surface area (Å²) >= 11 is 0. The van der Waals surface area contributed by atoms with Gasteiger partial charge in [0.1, 0.15) is 11.2 Å². The first-order valence-electron chi connectivity index (χ1n) is 18.0. The Labute approximate surface area is 305 Å². The van der Waals surface area contributed by atoms with Crippen molar-refractivity contribution in [1.82, 2.24) is 19.5 Å². The molecule has 250 valence electrons. The van der Waals surface area contributed by atoms with Gasteiger partial charge in [0, 0.05) is 43.7 Å². The fourth-order valence-corrected chi connectivity index (χ4v) is 8.49. The van der Waals surface area contributed by atoms with Crippen molar-refractivity contribution < 1.29 is 4.42 Å². The van der Waals surface area contributed by atoms with E-state index in [1.807, 2.05) is 54.6 Å². The second-order valence-corrected chi connectivity index (χ2v) is 14.4. The molecule has 5 heteroatoms. The summed E-state index contributed by atoms with van der Waals surface area (Å²) in [5.74, 6) is 1.81. The molecule has 5 nitrogen and oxygen atoms in total. The van der Waals surface area contributed by atoms with E-state index in [9.17, 15) is 0 Å². The molecule has 1 aliphatic rings. The molecule has 53 heavy (non-hydrogen) atoms. The molecule has 3 aromatic heterocycles. The topological polar surface area (TPSA) is 56.7 Å². The first-order chi connectivity index (χ1) is 26.0. The standard InChI is InChI=1S/C48H32N4O/c1-48(2)38-20-10-6-16-31(38)36-27-37-32-17-7-11-21-40(32)52(42(37)28-39(36)48)41-22-12-8-19-35(41)47-50-45(29-14-4-3-5-15-29)49-46(51-47)30-24-25-34-33-18-9-13-23-43(33)53-44(34)26-30/h3-28H,1-2H3. The van der Waals surface area contributed by atoms with Crippen molar-refractivity contribution in [3.63, 3.8) is 0 Å². The second kappa shape index (κ2) is 11.1. The fraction of sp³-hybridized carbons (Fsp3) is 0.0625. The van der Waals surface area contributed by atoms with Crippen molar-refractivity contribution in [2.24, 2.45) is 0 Å². The number of fused-ring (bicyclic) bond motifs is 9. The molecule has 7 aromatic carbocycles. The maximum Gasteiger partial charge on any atom is 0.166 e. The summed E-state index contributed by atoms with van der Waals surface area (Å²) in [5, 5.41) is 4.59. The molecule has 0 saturated heterocycles. The van der Waals surface area contributed by atoms with Crippen LogP contribution in [0.5, 0.6) is 0 Å². The van der Waals surface area contributed by atoms with Crippen LogP contribution >= 0.6 is 0 Å². The summed E-state index contributed by atoms with van der Waals surface area (Å²) in [6.07, 6.45) is 0. The molecule has 10 aromatic rings. The Morgan fingerprint density at radius 3 is 1.96 bits per heavy atom. The molecule has 0 amide bonds. The highest BCUT2D eigenvalue weighted by molar-refractivity contribution is 6.12. The predicted molar refractivity (Wildman–Crippen MR) is 215 cm³/mol. The third-order valence-corrected chi connectivity index (χ3v) is 11.1. The molecule has 0 N–H and O–H groups in total. The molecular formula is C48H32N4O. The Morgan fingerprint density at radius 2 is 1.09 bits per heavy atom. The number of aromatic nitrogens is 4. The largest absolute Gasteiger partial charge is 0.456 e. The van der Waals surface area contributed by atoms with Crippen LogP contribution in [0.1, 0.15) is 25.0 Å². The number of para-hydroxylation sites is 3. The number of hydrogen-bond acceptors (Lipinski definition) is 4. The summed E-state index contributed by atoms with van der Waals surface area (Å²) in [4.78, 5) is 15.5. The highest BCUT2D eigenvalue weighted by Crippen LogP contribution is 2.51. The minimum atomic E-state index is -0.129. The first kappa shape index (κ1) is 29.8. The van der Waals surface area contributed by atoms with Gasteiger partial charge in [0.25, 0.3) is 0 Å². The molecule has 1 aliphatic carbocycles. The summed E-state index contributed by atoms with van der Waals surface area (Å²) in [7, 11) is 0. The Balaban J connectivity index is 1.16. The third-order valence-electron chi connectivity index (χ3n) is 11.1. The number of nitrogens with zero attached hydrogens (tertiary/aromatic N) is 4. The zero-order chi connectivity index (χ0) is 35.3.